The lowest BCUT2D eigenvalue weighted by Gasteiger charge is -2.06. The number of Topliss-reactive ketones (excluding diaryl/α,β-unsaturated/α-hetero) is 1. The zero-order valence-corrected chi connectivity index (χ0v) is 11.1. The summed E-state index contributed by atoms with van der Waals surface area (Å²) in [6.07, 6.45) is 1.21. The smallest absolute Gasteiger partial charge is 0.307 e. The fraction of sp³-hybridized carbons (Fsp3) is 0.429. The molecule has 5 heteroatoms. The summed E-state index contributed by atoms with van der Waals surface area (Å²) < 4.78 is 5.57. The first-order chi connectivity index (χ1) is 8.97. The lowest BCUT2D eigenvalue weighted by atomic mass is 10.0. The van der Waals surface area contributed by atoms with Crippen LogP contribution >= 0.6 is 11.6 Å². The largest absolute Gasteiger partial charge is 0.489 e. The summed E-state index contributed by atoms with van der Waals surface area (Å²) in [5.74, 6) is -1.31. The molecule has 0 aromatic heterocycles. The number of aliphatic carboxylic acids is 1. The van der Waals surface area contributed by atoms with Crippen molar-refractivity contribution in [2.24, 2.45) is 11.8 Å². The van der Waals surface area contributed by atoms with Gasteiger partial charge in [-0.05, 0) is 25.5 Å². The monoisotopic (exact) mass is 280 g/mol. The summed E-state index contributed by atoms with van der Waals surface area (Å²) in [5, 5.41) is 9.29. The van der Waals surface area contributed by atoms with Gasteiger partial charge in [-0.15, -0.1) is 0 Å². The van der Waals surface area contributed by atoms with Crippen molar-refractivity contribution < 1.29 is 19.4 Å². The molecule has 1 aliphatic carbocycles. The Bertz CT molecular complexity index is 581. The summed E-state index contributed by atoms with van der Waals surface area (Å²) in [5.41, 5.74) is 1.42. The van der Waals surface area contributed by atoms with Crippen molar-refractivity contribution in [2.45, 2.75) is 25.9 Å². The molecular weight excluding hydrogens is 268 g/mol. The Hall–Kier alpha value is -1.55. The van der Waals surface area contributed by atoms with Gasteiger partial charge in [0.15, 0.2) is 5.78 Å². The van der Waals surface area contributed by atoms with Crippen molar-refractivity contribution in [1.82, 2.24) is 0 Å². The minimum Gasteiger partial charge on any atom is -0.489 e. The van der Waals surface area contributed by atoms with Gasteiger partial charge in [-0.2, -0.15) is 0 Å². The van der Waals surface area contributed by atoms with Crippen LogP contribution in [-0.4, -0.2) is 23.0 Å². The molecule has 0 radical (unpaired) electrons. The molecular formula is C14H13ClO4. The van der Waals surface area contributed by atoms with Crippen molar-refractivity contribution in [2.75, 3.05) is 0 Å². The van der Waals surface area contributed by atoms with Crippen molar-refractivity contribution in [3.05, 3.63) is 28.3 Å². The molecule has 19 heavy (non-hydrogen) atoms. The maximum Gasteiger partial charge on any atom is 0.307 e. The molecule has 0 amide bonds. The van der Waals surface area contributed by atoms with Crippen LogP contribution in [0.25, 0.3) is 0 Å². The topological polar surface area (TPSA) is 63.6 Å². The van der Waals surface area contributed by atoms with Gasteiger partial charge >= 0.3 is 5.97 Å². The van der Waals surface area contributed by atoms with Crippen molar-refractivity contribution in [3.8, 4) is 5.75 Å². The first-order valence-electron chi connectivity index (χ1n) is 6.23. The molecule has 100 valence electrons. The number of carbonyl (C=O) groups is 2. The number of halogens is 1. The van der Waals surface area contributed by atoms with Crippen LogP contribution in [0.1, 0.15) is 29.3 Å². The average Bonchev–Trinajstić information content (AvgIpc) is 3.05. The van der Waals surface area contributed by atoms with Crippen molar-refractivity contribution >= 4 is 23.4 Å². The minimum atomic E-state index is -0.900. The lowest BCUT2D eigenvalue weighted by molar-refractivity contribution is -0.138. The van der Waals surface area contributed by atoms with Crippen LogP contribution in [0.5, 0.6) is 5.75 Å². The zero-order valence-electron chi connectivity index (χ0n) is 10.4. The van der Waals surface area contributed by atoms with Crippen LogP contribution in [0.3, 0.4) is 0 Å². The zero-order chi connectivity index (χ0) is 13.7. The molecule has 0 saturated heterocycles. The number of carboxylic acids is 1. The van der Waals surface area contributed by atoms with Gasteiger partial charge in [0.2, 0.25) is 0 Å². The van der Waals surface area contributed by atoms with Crippen molar-refractivity contribution in [1.29, 1.82) is 0 Å². The third-order valence-electron chi connectivity index (χ3n) is 3.68. The maximum absolute atomic E-state index is 12.2. The van der Waals surface area contributed by atoms with Crippen LogP contribution in [0.15, 0.2) is 12.1 Å². The molecule has 1 aromatic carbocycles. The van der Waals surface area contributed by atoms with E-state index in [0.29, 0.717) is 22.8 Å². The molecule has 1 heterocycles. The quantitative estimate of drug-likeness (QED) is 0.864. The predicted molar refractivity (Wildman–Crippen MR) is 68.8 cm³/mol. The first-order valence-corrected chi connectivity index (χ1v) is 6.61. The SMILES string of the molecule is CC1Cc2cc(C(=O)[C@H]3C[C@@H]3C(=O)O)cc(Cl)c2O1. The highest BCUT2D eigenvalue weighted by Crippen LogP contribution is 2.43. The van der Waals surface area contributed by atoms with Gasteiger partial charge in [0.25, 0.3) is 0 Å². The predicted octanol–water partition coefficient (Wildman–Crippen LogP) is 2.57. The standard InChI is InChI=1S/C14H13ClO4/c1-6-2-8-3-7(4-11(15)13(8)19-6)12(16)9-5-10(9)14(17)18/h3-4,6,9-10H,2,5H2,1H3,(H,17,18)/t6?,9-,10-/m0/s1. The Morgan fingerprint density at radius 2 is 2.11 bits per heavy atom. The van der Waals surface area contributed by atoms with E-state index in [-0.39, 0.29) is 11.9 Å². The van der Waals surface area contributed by atoms with Crippen LogP contribution < -0.4 is 4.74 Å². The third-order valence-corrected chi connectivity index (χ3v) is 3.96. The highest BCUT2D eigenvalue weighted by molar-refractivity contribution is 6.32. The van der Waals surface area contributed by atoms with Crippen LogP contribution in [-0.2, 0) is 11.2 Å². The Morgan fingerprint density at radius 3 is 2.74 bits per heavy atom. The number of ether oxygens (including phenoxy) is 1. The second kappa shape index (κ2) is 4.23. The normalized spacial score (nSPS) is 27.6. The Morgan fingerprint density at radius 1 is 1.37 bits per heavy atom. The molecule has 3 rings (SSSR count). The number of rotatable bonds is 3. The van der Waals surface area contributed by atoms with E-state index >= 15 is 0 Å². The maximum atomic E-state index is 12.2. The van der Waals surface area contributed by atoms with Crippen LogP contribution in [0, 0.1) is 11.8 Å². The van der Waals surface area contributed by atoms with Crippen LogP contribution in [0.4, 0.5) is 0 Å². The highest BCUT2D eigenvalue weighted by Gasteiger charge is 2.48. The van der Waals surface area contributed by atoms with Gasteiger partial charge in [-0.3, -0.25) is 9.59 Å². The van der Waals surface area contributed by atoms with Gasteiger partial charge in [0, 0.05) is 23.5 Å². The van der Waals surface area contributed by atoms with E-state index in [0.717, 1.165) is 12.0 Å². The Labute approximate surface area is 115 Å². The van der Waals surface area contributed by atoms with E-state index in [1.165, 1.54) is 0 Å². The van der Waals surface area contributed by atoms with Gasteiger partial charge in [-0.1, -0.05) is 11.6 Å². The molecule has 0 bridgehead atoms. The van der Waals surface area contributed by atoms with Crippen LogP contribution in [0.2, 0.25) is 5.02 Å². The van der Waals surface area contributed by atoms with E-state index in [1.807, 2.05) is 6.92 Å². The highest BCUT2D eigenvalue weighted by atomic mass is 35.5. The molecule has 1 N–H and O–H groups in total. The molecule has 1 unspecified atom stereocenters. The van der Waals surface area contributed by atoms with E-state index in [2.05, 4.69) is 0 Å². The first kappa shape index (κ1) is 12.5. The summed E-state index contributed by atoms with van der Waals surface area (Å²) >= 11 is 6.11. The fourth-order valence-corrected chi connectivity index (χ4v) is 2.88. The molecule has 0 spiro atoms. The number of carbonyl (C=O) groups excluding carboxylic acids is 1. The summed E-state index contributed by atoms with van der Waals surface area (Å²) in [4.78, 5) is 23.0. The molecule has 4 nitrogen and oxygen atoms in total. The second-order valence-electron chi connectivity index (χ2n) is 5.23. The fourth-order valence-electron chi connectivity index (χ4n) is 2.60. The molecule has 2 aliphatic rings. The Kier molecular flexibility index (Phi) is 2.78. The average molecular weight is 281 g/mol. The van der Waals surface area contributed by atoms with E-state index in [9.17, 15) is 9.59 Å². The number of fused-ring (bicyclic) bond motifs is 1. The molecule has 1 aromatic rings. The van der Waals surface area contributed by atoms with E-state index in [1.54, 1.807) is 12.1 Å². The molecule has 1 fully saturated rings. The number of hydrogen-bond donors (Lipinski definition) is 1. The third kappa shape index (κ3) is 2.10. The lowest BCUT2D eigenvalue weighted by Crippen LogP contribution is -2.08. The van der Waals surface area contributed by atoms with E-state index in [4.69, 9.17) is 21.4 Å². The summed E-state index contributed by atoms with van der Waals surface area (Å²) in [7, 11) is 0. The number of carboxylic acid groups (broad SMARTS) is 1. The number of benzene rings is 1. The van der Waals surface area contributed by atoms with E-state index < -0.39 is 17.8 Å². The van der Waals surface area contributed by atoms with Gasteiger partial charge in [0.1, 0.15) is 11.9 Å². The molecule has 1 aliphatic heterocycles. The molecule has 1 saturated carbocycles. The number of hydrogen-bond acceptors (Lipinski definition) is 3. The summed E-state index contributed by atoms with van der Waals surface area (Å²) in [6, 6.07) is 3.36. The summed E-state index contributed by atoms with van der Waals surface area (Å²) in [6.45, 7) is 1.94. The number of ketones is 1. The van der Waals surface area contributed by atoms with Gasteiger partial charge in [0.05, 0.1) is 10.9 Å². The van der Waals surface area contributed by atoms with Gasteiger partial charge in [-0.25, -0.2) is 0 Å². The second-order valence-corrected chi connectivity index (χ2v) is 5.64. The minimum absolute atomic E-state index is 0.0607. The Balaban J connectivity index is 1.87. The van der Waals surface area contributed by atoms with Gasteiger partial charge < -0.3 is 9.84 Å². The van der Waals surface area contributed by atoms with Crippen molar-refractivity contribution in [3.63, 3.8) is 0 Å². The molecule has 3 atom stereocenters.